The monoisotopic (exact) mass is 478 g/mol. The second kappa shape index (κ2) is 8.31. The molecule has 2 unspecified atom stereocenters. The molecule has 0 saturated carbocycles. The van der Waals surface area contributed by atoms with Crippen LogP contribution in [0.3, 0.4) is 0 Å². The highest BCUT2D eigenvalue weighted by Gasteiger charge is 2.40. The number of fused-ring (bicyclic) bond motifs is 6. The van der Waals surface area contributed by atoms with Crippen molar-refractivity contribution < 1.29 is 14.3 Å². The maximum Gasteiger partial charge on any atom is 0.410 e. The first-order valence-corrected chi connectivity index (χ1v) is 12.4. The molecule has 1 fully saturated rings. The van der Waals surface area contributed by atoms with E-state index in [0.717, 1.165) is 16.9 Å². The van der Waals surface area contributed by atoms with Crippen molar-refractivity contribution in [1.82, 2.24) is 19.5 Å². The topological polar surface area (TPSA) is 69.0 Å². The first-order valence-electron chi connectivity index (χ1n) is 12.4. The molecule has 3 aliphatic rings. The molecule has 0 radical (unpaired) electrons. The molecule has 0 N–H and O–H groups in total. The van der Waals surface area contributed by atoms with Crippen molar-refractivity contribution in [3.63, 3.8) is 0 Å². The Kier molecular flexibility index (Phi) is 4.92. The lowest BCUT2D eigenvalue weighted by Gasteiger charge is -2.43. The molecule has 36 heavy (non-hydrogen) atoms. The Bertz CT molecular complexity index is 1480. The fraction of sp³-hybridized carbons (Fsp3) is 0.276. The summed E-state index contributed by atoms with van der Waals surface area (Å²) in [6, 6.07) is 18.5. The molecule has 2 aromatic carbocycles. The molecule has 1 aliphatic carbocycles. The fourth-order valence-electron chi connectivity index (χ4n) is 5.92. The summed E-state index contributed by atoms with van der Waals surface area (Å²) in [6.07, 6.45) is 6.44. The van der Waals surface area contributed by atoms with Crippen molar-refractivity contribution in [2.75, 3.05) is 19.8 Å². The standard InChI is InChI=1S/C29H26N4O3/c1-18-10-28-30-13-20(14-32(28)31-18)19-11-21-15-35-16-22(12-19)33(21)29(34)36-17-27-25-8-4-2-6-23(25)24-7-3-5-9-26(24)27/h2-11,13-14,21-22,27H,12,15-17H2,1H3. The summed E-state index contributed by atoms with van der Waals surface area (Å²) in [5.74, 6) is 0.0451. The van der Waals surface area contributed by atoms with E-state index in [4.69, 9.17) is 9.47 Å². The second-order valence-electron chi connectivity index (χ2n) is 9.80. The normalized spacial score (nSPS) is 20.7. The van der Waals surface area contributed by atoms with Crippen LogP contribution in [0.4, 0.5) is 4.79 Å². The van der Waals surface area contributed by atoms with Crippen LogP contribution < -0.4 is 0 Å². The number of amides is 1. The number of ether oxygens (including phenoxy) is 2. The molecule has 2 aromatic heterocycles. The van der Waals surface area contributed by atoms with Crippen molar-refractivity contribution in [2.45, 2.75) is 31.3 Å². The van der Waals surface area contributed by atoms with E-state index in [1.807, 2.05) is 34.8 Å². The zero-order chi connectivity index (χ0) is 24.2. The van der Waals surface area contributed by atoms with Crippen LogP contribution in [0.25, 0.3) is 22.3 Å². The molecule has 7 nitrogen and oxygen atoms in total. The number of benzene rings is 2. The summed E-state index contributed by atoms with van der Waals surface area (Å²) in [5, 5.41) is 4.50. The van der Waals surface area contributed by atoms with Gasteiger partial charge in [0.1, 0.15) is 6.61 Å². The molecule has 0 spiro atoms. The summed E-state index contributed by atoms with van der Waals surface area (Å²) >= 11 is 0. The predicted molar refractivity (Wildman–Crippen MR) is 136 cm³/mol. The Morgan fingerprint density at radius 3 is 2.58 bits per heavy atom. The first-order chi connectivity index (χ1) is 17.7. The van der Waals surface area contributed by atoms with Gasteiger partial charge in [0.05, 0.1) is 31.0 Å². The smallest absolute Gasteiger partial charge is 0.410 e. The fourth-order valence-corrected chi connectivity index (χ4v) is 5.92. The van der Waals surface area contributed by atoms with Crippen molar-refractivity contribution in [3.8, 4) is 11.1 Å². The van der Waals surface area contributed by atoms with E-state index < -0.39 is 0 Å². The molecular formula is C29H26N4O3. The number of morpholine rings is 1. The average molecular weight is 479 g/mol. The number of aryl methyl sites for hydroxylation is 1. The average Bonchev–Trinajstić information content (AvgIpc) is 3.42. The summed E-state index contributed by atoms with van der Waals surface area (Å²) in [5.41, 5.74) is 8.83. The molecule has 1 saturated heterocycles. The lowest BCUT2D eigenvalue weighted by molar-refractivity contribution is -0.0331. The van der Waals surface area contributed by atoms with Crippen LogP contribution >= 0.6 is 0 Å². The predicted octanol–water partition coefficient (Wildman–Crippen LogP) is 4.84. The highest BCUT2D eigenvalue weighted by molar-refractivity contribution is 5.79. The van der Waals surface area contributed by atoms with E-state index in [0.29, 0.717) is 26.2 Å². The number of carbonyl (C=O) groups excluding carboxylic acids is 1. The van der Waals surface area contributed by atoms with Crippen LogP contribution in [0.5, 0.6) is 0 Å². The maximum absolute atomic E-state index is 13.4. The largest absolute Gasteiger partial charge is 0.448 e. The van der Waals surface area contributed by atoms with E-state index in [-0.39, 0.29) is 24.1 Å². The number of hydrogen-bond acceptors (Lipinski definition) is 5. The maximum atomic E-state index is 13.4. The molecule has 2 bridgehead atoms. The lowest BCUT2D eigenvalue weighted by Crippen LogP contribution is -2.56. The van der Waals surface area contributed by atoms with Gasteiger partial charge in [-0.1, -0.05) is 54.6 Å². The SMILES string of the molecule is Cc1cc2ncc(C3=CC4COCC(C3)N4C(=O)OCC3c4ccccc4-c4ccccc43)cn2n1. The number of rotatable bonds is 3. The van der Waals surface area contributed by atoms with Crippen LogP contribution in [0, 0.1) is 6.92 Å². The zero-order valence-corrected chi connectivity index (χ0v) is 20.0. The van der Waals surface area contributed by atoms with E-state index in [9.17, 15) is 4.79 Å². The van der Waals surface area contributed by atoms with Gasteiger partial charge >= 0.3 is 6.09 Å². The molecular weight excluding hydrogens is 452 g/mol. The van der Waals surface area contributed by atoms with Gasteiger partial charge in [-0.3, -0.25) is 4.90 Å². The first kappa shape index (κ1) is 21.3. The van der Waals surface area contributed by atoms with Gasteiger partial charge in [-0.05, 0) is 41.2 Å². The number of aromatic nitrogens is 3. The molecule has 1 amide bonds. The van der Waals surface area contributed by atoms with Gasteiger partial charge in [0.2, 0.25) is 0 Å². The van der Waals surface area contributed by atoms with Crippen LogP contribution in [0.2, 0.25) is 0 Å². The highest BCUT2D eigenvalue weighted by atomic mass is 16.6. The minimum Gasteiger partial charge on any atom is -0.448 e. The van der Waals surface area contributed by atoms with E-state index in [2.05, 4.69) is 64.7 Å². The van der Waals surface area contributed by atoms with Crippen molar-refractivity contribution >= 4 is 17.3 Å². The minimum atomic E-state index is -0.276. The molecule has 4 heterocycles. The molecule has 2 aliphatic heterocycles. The third-order valence-corrected chi connectivity index (χ3v) is 7.55. The van der Waals surface area contributed by atoms with Crippen molar-refractivity contribution in [1.29, 1.82) is 0 Å². The van der Waals surface area contributed by atoms with Gasteiger partial charge in [-0.2, -0.15) is 5.10 Å². The van der Waals surface area contributed by atoms with E-state index in [1.54, 1.807) is 0 Å². The van der Waals surface area contributed by atoms with Crippen LogP contribution in [0.1, 0.15) is 34.7 Å². The molecule has 2 atom stereocenters. The van der Waals surface area contributed by atoms with E-state index in [1.165, 1.54) is 27.8 Å². The van der Waals surface area contributed by atoms with E-state index >= 15 is 0 Å². The Morgan fingerprint density at radius 2 is 1.83 bits per heavy atom. The summed E-state index contributed by atoms with van der Waals surface area (Å²) in [4.78, 5) is 19.8. The molecule has 7 rings (SSSR count). The third kappa shape index (κ3) is 3.42. The highest BCUT2D eigenvalue weighted by Crippen LogP contribution is 2.44. The zero-order valence-electron chi connectivity index (χ0n) is 20.0. The van der Waals surface area contributed by atoms with Crippen molar-refractivity contribution in [2.24, 2.45) is 0 Å². The summed E-state index contributed by atoms with van der Waals surface area (Å²) < 4.78 is 13.6. The Morgan fingerprint density at radius 1 is 1.08 bits per heavy atom. The van der Waals surface area contributed by atoms with Crippen LogP contribution in [-0.4, -0.2) is 57.5 Å². The Labute approximate surface area is 209 Å². The van der Waals surface area contributed by atoms with Crippen LogP contribution in [0.15, 0.2) is 73.1 Å². The van der Waals surface area contributed by atoms with Gasteiger partial charge in [-0.15, -0.1) is 0 Å². The quantitative estimate of drug-likeness (QED) is 0.421. The number of carbonyl (C=O) groups is 1. The molecule has 4 aromatic rings. The minimum absolute atomic E-state index is 0.0451. The number of hydrogen-bond donors (Lipinski definition) is 0. The Balaban J connectivity index is 1.12. The van der Waals surface area contributed by atoms with Gasteiger partial charge in [-0.25, -0.2) is 14.3 Å². The Hall–Kier alpha value is -3.97. The van der Waals surface area contributed by atoms with Gasteiger partial charge in [0, 0.05) is 29.9 Å². The third-order valence-electron chi connectivity index (χ3n) is 7.55. The van der Waals surface area contributed by atoms with Crippen LogP contribution in [-0.2, 0) is 9.47 Å². The van der Waals surface area contributed by atoms with Crippen molar-refractivity contribution in [3.05, 3.63) is 95.5 Å². The van der Waals surface area contributed by atoms with Gasteiger partial charge in [0.25, 0.3) is 0 Å². The second-order valence-corrected chi connectivity index (χ2v) is 9.80. The van der Waals surface area contributed by atoms with Gasteiger partial charge in [0.15, 0.2) is 5.65 Å². The number of nitrogens with zero attached hydrogens (tertiary/aromatic N) is 4. The summed E-state index contributed by atoms with van der Waals surface area (Å²) in [6.45, 7) is 3.23. The molecule has 180 valence electrons. The lowest BCUT2D eigenvalue weighted by atomic mass is 9.91. The van der Waals surface area contributed by atoms with Gasteiger partial charge < -0.3 is 9.47 Å². The summed E-state index contributed by atoms with van der Waals surface area (Å²) in [7, 11) is 0. The molecule has 7 heteroatoms.